The van der Waals surface area contributed by atoms with Crippen LogP contribution in [0.5, 0.6) is 0 Å². The third-order valence-electron chi connectivity index (χ3n) is 4.03. The molecule has 3 rings (SSSR count). The van der Waals surface area contributed by atoms with Crippen molar-refractivity contribution in [3.05, 3.63) is 58.5 Å². The van der Waals surface area contributed by atoms with E-state index >= 15 is 0 Å². The molecule has 1 aromatic carbocycles. The summed E-state index contributed by atoms with van der Waals surface area (Å²) in [5.41, 5.74) is 0.655. The minimum Gasteiger partial charge on any atom is -0.468 e. The topological polar surface area (TPSA) is 45.5 Å². The standard InChI is InChI=1S/C17H19BrN2O2/c18-14-7-2-1-6-13(14)17(21)19-12-15(16-8-5-11-22-16)20-9-3-4-10-20/h1-2,5-8,11,15H,3-4,9-10,12H2,(H,19,21)/t15-/m0/s1. The number of carbonyl (C=O) groups is 1. The summed E-state index contributed by atoms with van der Waals surface area (Å²) in [5, 5.41) is 3.03. The molecule has 2 heterocycles. The molecule has 4 nitrogen and oxygen atoms in total. The second-order valence-electron chi connectivity index (χ2n) is 5.46. The number of benzene rings is 1. The van der Waals surface area contributed by atoms with E-state index in [4.69, 9.17) is 4.42 Å². The molecule has 5 heteroatoms. The summed E-state index contributed by atoms with van der Waals surface area (Å²) in [4.78, 5) is 14.7. The highest BCUT2D eigenvalue weighted by Gasteiger charge is 2.26. The lowest BCUT2D eigenvalue weighted by Crippen LogP contribution is -2.36. The predicted molar refractivity (Wildman–Crippen MR) is 88.7 cm³/mol. The maximum Gasteiger partial charge on any atom is 0.252 e. The first-order valence-electron chi connectivity index (χ1n) is 7.56. The summed E-state index contributed by atoms with van der Waals surface area (Å²) in [5.74, 6) is 0.845. The average molecular weight is 363 g/mol. The van der Waals surface area contributed by atoms with Crippen molar-refractivity contribution in [1.82, 2.24) is 10.2 Å². The van der Waals surface area contributed by atoms with Gasteiger partial charge in [0.2, 0.25) is 0 Å². The van der Waals surface area contributed by atoms with E-state index in [0.717, 1.165) is 23.3 Å². The van der Waals surface area contributed by atoms with Crippen LogP contribution in [-0.2, 0) is 0 Å². The van der Waals surface area contributed by atoms with Crippen molar-refractivity contribution in [2.75, 3.05) is 19.6 Å². The molecule has 0 spiro atoms. The Morgan fingerprint density at radius 2 is 2.00 bits per heavy atom. The molecular formula is C17H19BrN2O2. The first-order valence-corrected chi connectivity index (χ1v) is 8.35. The first-order chi connectivity index (χ1) is 10.8. The van der Waals surface area contributed by atoms with Gasteiger partial charge in [-0.2, -0.15) is 0 Å². The molecule has 1 saturated heterocycles. The maximum atomic E-state index is 12.4. The SMILES string of the molecule is O=C(NC[C@@H](c1ccco1)N1CCCC1)c1ccccc1Br. The number of hydrogen-bond acceptors (Lipinski definition) is 3. The van der Waals surface area contributed by atoms with Crippen molar-refractivity contribution in [2.24, 2.45) is 0 Å². The lowest BCUT2D eigenvalue weighted by molar-refractivity contribution is 0.0933. The monoisotopic (exact) mass is 362 g/mol. The van der Waals surface area contributed by atoms with Crippen LogP contribution in [0.1, 0.15) is 35.0 Å². The van der Waals surface area contributed by atoms with Crippen molar-refractivity contribution in [3.8, 4) is 0 Å². The van der Waals surface area contributed by atoms with E-state index in [2.05, 4.69) is 26.1 Å². The van der Waals surface area contributed by atoms with Crippen molar-refractivity contribution >= 4 is 21.8 Å². The van der Waals surface area contributed by atoms with E-state index in [0.29, 0.717) is 12.1 Å². The Kier molecular flexibility index (Phi) is 4.95. The van der Waals surface area contributed by atoms with Gasteiger partial charge in [0.1, 0.15) is 5.76 Å². The molecule has 0 saturated carbocycles. The molecule has 2 aromatic rings. The molecule has 1 amide bonds. The summed E-state index contributed by atoms with van der Waals surface area (Å²) in [6.07, 6.45) is 4.10. The van der Waals surface area contributed by atoms with Crippen LogP contribution in [0, 0.1) is 0 Å². The largest absolute Gasteiger partial charge is 0.468 e. The third kappa shape index (κ3) is 3.42. The zero-order valence-corrected chi connectivity index (χ0v) is 13.9. The van der Waals surface area contributed by atoms with Crippen LogP contribution in [0.25, 0.3) is 0 Å². The smallest absolute Gasteiger partial charge is 0.252 e. The molecule has 1 N–H and O–H groups in total. The van der Waals surface area contributed by atoms with Gasteiger partial charge < -0.3 is 9.73 Å². The number of furan rings is 1. The molecule has 116 valence electrons. The van der Waals surface area contributed by atoms with Crippen LogP contribution in [0.3, 0.4) is 0 Å². The fourth-order valence-electron chi connectivity index (χ4n) is 2.87. The Morgan fingerprint density at radius 3 is 2.68 bits per heavy atom. The molecule has 1 fully saturated rings. The van der Waals surface area contributed by atoms with E-state index in [1.165, 1.54) is 12.8 Å². The molecule has 1 atom stereocenters. The van der Waals surface area contributed by atoms with Crippen LogP contribution >= 0.6 is 15.9 Å². The van der Waals surface area contributed by atoms with Crippen molar-refractivity contribution in [3.63, 3.8) is 0 Å². The normalized spacial score (nSPS) is 16.6. The van der Waals surface area contributed by atoms with Crippen LogP contribution in [0.15, 0.2) is 51.6 Å². The Bertz CT molecular complexity index is 621. The highest BCUT2D eigenvalue weighted by molar-refractivity contribution is 9.10. The molecule has 1 aromatic heterocycles. The number of carbonyl (C=O) groups excluding carboxylic acids is 1. The summed E-state index contributed by atoms with van der Waals surface area (Å²) >= 11 is 3.42. The van der Waals surface area contributed by atoms with Crippen LogP contribution < -0.4 is 5.32 Å². The van der Waals surface area contributed by atoms with Gasteiger partial charge in [-0.25, -0.2) is 0 Å². The number of amides is 1. The number of nitrogens with one attached hydrogen (secondary N) is 1. The van der Waals surface area contributed by atoms with Gasteiger partial charge in [0.15, 0.2) is 0 Å². The van der Waals surface area contributed by atoms with Gasteiger partial charge >= 0.3 is 0 Å². The highest BCUT2D eigenvalue weighted by Crippen LogP contribution is 2.25. The Balaban J connectivity index is 1.69. The molecule has 1 aliphatic heterocycles. The van der Waals surface area contributed by atoms with E-state index in [1.807, 2.05) is 36.4 Å². The number of rotatable bonds is 5. The average Bonchev–Trinajstić information content (AvgIpc) is 3.21. The minimum atomic E-state index is -0.0665. The molecule has 0 radical (unpaired) electrons. The summed E-state index contributed by atoms with van der Waals surface area (Å²) in [6.45, 7) is 2.65. The highest BCUT2D eigenvalue weighted by atomic mass is 79.9. The van der Waals surface area contributed by atoms with Gasteiger partial charge in [-0.1, -0.05) is 12.1 Å². The zero-order valence-electron chi connectivity index (χ0n) is 12.3. The van der Waals surface area contributed by atoms with Crippen molar-refractivity contribution in [2.45, 2.75) is 18.9 Å². The molecule has 0 bridgehead atoms. The molecule has 0 aliphatic carbocycles. The van der Waals surface area contributed by atoms with Gasteiger partial charge in [-0.15, -0.1) is 0 Å². The van der Waals surface area contributed by atoms with Crippen LogP contribution in [-0.4, -0.2) is 30.4 Å². The minimum absolute atomic E-state index is 0.0665. The maximum absolute atomic E-state index is 12.4. The quantitative estimate of drug-likeness (QED) is 0.883. The second kappa shape index (κ2) is 7.11. The van der Waals surface area contributed by atoms with E-state index in [-0.39, 0.29) is 11.9 Å². The van der Waals surface area contributed by atoms with Crippen molar-refractivity contribution in [1.29, 1.82) is 0 Å². The number of hydrogen-bond donors (Lipinski definition) is 1. The van der Waals surface area contributed by atoms with E-state index in [9.17, 15) is 4.79 Å². The van der Waals surface area contributed by atoms with Gasteiger partial charge in [-0.05, 0) is 66.1 Å². The molecule has 1 aliphatic rings. The first kappa shape index (κ1) is 15.3. The fraction of sp³-hybridized carbons (Fsp3) is 0.353. The molecular weight excluding hydrogens is 344 g/mol. The third-order valence-corrected chi connectivity index (χ3v) is 4.72. The Hall–Kier alpha value is -1.59. The van der Waals surface area contributed by atoms with E-state index < -0.39 is 0 Å². The Morgan fingerprint density at radius 1 is 1.23 bits per heavy atom. The number of likely N-dealkylation sites (tertiary alicyclic amines) is 1. The van der Waals surface area contributed by atoms with E-state index in [1.54, 1.807) is 6.26 Å². The summed E-state index contributed by atoms with van der Waals surface area (Å²) < 4.78 is 6.38. The van der Waals surface area contributed by atoms with Crippen LogP contribution in [0.2, 0.25) is 0 Å². The summed E-state index contributed by atoms with van der Waals surface area (Å²) in [7, 11) is 0. The number of nitrogens with zero attached hydrogens (tertiary/aromatic N) is 1. The van der Waals surface area contributed by atoms with Crippen LogP contribution in [0.4, 0.5) is 0 Å². The lowest BCUT2D eigenvalue weighted by Gasteiger charge is -2.26. The van der Waals surface area contributed by atoms with Gasteiger partial charge in [0.05, 0.1) is 17.9 Å². The summed E-state index contributed by atoms with van der Waals surface area (Å²) in [6, 6.07) is 11.4. The van der Waals surface area contributed by atoms with Gasteiger partial charge in [0.25, 0.3) is 5.91 Å². The van der Waals surface area contributed by atoms with Gasteiger partial charge in [0, 0.05) is 11.0 Å². The molecule has 0 unspecified atom stereocenters. The predicted octanol–water partition coefficient (Wildman–Crippen LogP) is 3.61. The lowest BCUT2D eigenvalue weighted by atomic mass is 10.1. The Labute approximate surface area is 138 Å². The number of halogens is 1. The van der Waals surface area contributed by atoms with Crippen molar-refractivity contribution < 1.29 is 9.21 Å². The van der Waals surface area contributed by atoms with Gasteiger partial charge in [-0.3, -0.25) is 9.69 Å². The zero-order chi connectivity index (χ0) is 15.4. The molecule has 22 heavy (non-hydrogen) atoms. The fourth-order valence-corrected chi connectivity index (χ4v) is 3.34. The second-order valence-corrected chi connectivity index (χ2v) is 6.32.